The minimum Gasteiger partial charge on any atom is -0.870 e. The molecule has 0 aliphatic rings. The van der Waals surface area contributed by atoms with Crippen molar-refractivity contribution in [3.63, 3.8) is 0 Å². The summed E-state index contributed by atoms with van der Waals surface area (Å²) in [7, 11) is 0. The van der Waals surface area contributed by atoms with Crippen molar-refractivity contribution in [2.75, 3.05) is 0 Å². The van der Waals surface area contributed by atoms with Crippen molar-refractivity contribution >= 4 is 30.3 Å². The predicted molar refractivity (Wildman–Crippen MR) is 482 cm³/mol. The monoisotopic (exact) mass is 1740 g/mol. The summed E-state index contributed by atoms with van der Waals surface area (Å²) in [6.45, 7) is 20.4. The van der Waals surface area contributed by atoms with Crippen LogP contribution < -0.4 is 40.6 Å². The zero-order valence-electron chi connectivity index (χ0n) is 72.1. The summed E-state index contributed by atoms with van der Waals surface area (Å²) in [5, 5.41) is 18.8. The van der Waals surface area contributed by atoms with Gasteiger partial charge in [-0.3, -0.25) is 4.79 Å². The number of hydrogen-bond acceptors (Lipinski definition) is 11. The standard InChI is InChI=1S/C84H6.C11H18F3NO4.C10H18O5.C6H10F3NO2.Na.H2O/c1-3-5-7-9-11-13-15-17-19-21-23-25-27-29-31-33-35-37-39-41-43-45-47-49-51-53-55-57-59-61-63-65-67-69-71-73-75-77-79-81-83-84-82-80-78-76-74-72-70-68-66-64-62-60-58-56-54-52-50-48-46-44-42-40-38-36-34-32-30-28-26-24-22-20-18-16-14-12-10-8-6-4-2;1-5-6(11(12,13)14)7(8(16)17)15-9(18)19-10(2,3)4;1-9(2,3)14-7(11)13-8(12)15-10(4,5)6;1-2-3(6(7,8)9)4(10)5(11)12;;/h1-2H3;6-7H,5H2,1-4H3,(H,15,18)(H,16,17);1-6H3;3-4H,2,10H2,1H3,(H,11,12);;1H2/q;;;;+1;/p-1. The zero-order valence-corrected chi connectivity index (χ0v) is 74.1. The van der Waals surface area contributed by atoms with Crippen LogP contribution in [0.2, 0.25) is 0 Å². The molecular weight excluding hydrogens is 1690 g/mol. The third kappa shape index (κ3) is 96.5. The molecule has 132 heavy (non-hydrogen) atoms. The van der Waals surface area contributed by atoms with Crippen LogP contribution in [0.15, 0.2) is 0 Å². The third-order valence-electron chi connectivity index (χ3n) is 9.91. The maximum absolute atomic E-state index is 12.7. The zero-order chi connectivity index (χ0) is 97.6. The van der Waals surface area contributed by atoms with Gasteiger partial charge in [0.25, 0.3) is 0 Å². The first-order chi connectivity index (χ1) is 62.1. The van der Waals surface area contributed by atoms with Gasteiger partial charge in [0.15, 0.2) is 0 Å². The second-order valence-electron chi connectivity index (χ2n) is 23.0. The van der Waals surface area contributed by atoms with Gasteiger partial charge in [0, 0.05) is 379 Å². The molecule has 0 aliphatic heterocycles. The van der Waals surface area contributed by atoms with Crippen LogP contribution in [0.1, 0.15) is 103 Å². The Hall–Kier alpha value is -20.6. The second-order valence-corrected chi connectivity index (χ2v) is 23.0. The van der Waals surface area contributed by atoms with Crippen LogP contribution in [0.3, 0.4) is 0 Å². The number of aliphatic carboxylic acids is 2. The summed E-state index contributed by atoms with van der Waals surface area (Å²) in [5.74, 6) is 198. The van der Waals surface area contributed by atoms with E-state index in [0.29, 0.717) is 0 Å². The minimum absolute atomic E-state index is 0. The van der Waals surface area contributed by atoms with E-state index in [1.807, 2.05) is 0 Å². The number of carboxylic acid groups (broad SMARTS) is 2. The van der Waals surface area contributed by atoms with E-state index in [0.717, 1.165) is 0 Å². The number of hydrogen-bond donors (Lipinski definition) is 4. The number of amides is 1. The molecule has 0 fully saturated rings. The van der Waals surface area contributed by atoms with E-state index in [9.17, 15) is 50.3 Å². The molecule has 14 nitrogen and oxygen atoms in total. The van der Waals surface area contributed by atoms with E-state index < -0.39 is 89.8 Å². The quantitative estimate of drug-likeness (QED) is 0.0693. The molecule has 0 saturated heterocycles. The Morgan fingerprint density at radius 3 is 0.492 bits per heavy atom. The largest absolute Gasteiger partial charge is 1.00 e. The number of nitrogens with two attached hydrogens (primary N) is 1. The van der Waals surface area contributed by atoms with Gasteiger partial charge in [-0.2, -0.15) is 26.3 Å². The van der Waals surface area contributed by atoms with Gasteiger partial charge in [0.1, 0.15) is 28.9 Å². The van der Waals surface area contributed by atoms with Crippen LogP contribution >= 0.6 is 0 Å². The molecule has 0 aromatic rings. The fourth-order valence-electron chi connectivity index (χ4n) is 5.46. The van der Waals surface area contributed by atoms with Gasteiger partial charge in [0.2, 0.25) is 0 Å². The van der Waals surface area contributed by atoms with Crippen LogP contribution in [0.4, 0.5) is 40.7 Å². The van der Waals surface area contributed by atoms with Crippen LogP contribution in [0.25, 0.3) is 0 Å². The number of carbonyl (C=O) groups excluding carboxylic acids is 3. The molecule has 622 valence electrons. The van der Waals surface area contributed by atoms with Crippen molar-refractivity contribution in [1.29, 1.82) is 0 Å². The Balaban J connectivity index is -0.000000661. The van der Waals surface area contributed by atoms with Gasteiger partial charge < -0.3 is 45.7 Å². The first-order valence-corrected chi connectivity index (χ1v) is 34.9. The maximum atomic E-state index is 12.7. The molecule has 4 unspecified atom stereocenters. The molecule has 1 amide bonds. The third-order valence-corrected chi connectivity index (χ3v) is 9.91. The summed E-state index contributed by atoms with van der Waals surface area (Å²) in [5.41, 5.74) is 2.52. The Morgan fingerprint density at radius 1 is 0.265 bits per heavy atom. The van der Waals surface area contributed by atoms with E-state index in [1.165, 1.54) is 34.6 Å². The van der Waals surface area contributed by atoms with Crippen LogP contribution in [-0.2, 0) is 28.5 Å². The topological polar surface area (TPSA) is 231 Å². The first kappa shape index (κ1) is 122. The number of ether oxygens (including phenoxy) is 4. The molecule has 0 aromatic heterocycles. The van der Waals surface area contributed by atoms with Gasteiger partial charge in [-0.25, -0.2) is 19.2 Å². The molecule has 0 radical (unpaired) electrons. The van der Waals surface area contributed by atoms with E-state index in [1.54, 1.807) is 60.7 Å². The maximum Gasteiger partial charge on any atom is 1.00 e. The average molecular weight is 1740 g/mol. The minimum atomic E-state index is -4.72. The molecule has 0 bridgehead atoms. The molecule has 6 N–H and O–H groups in total. The van der Waals surface area contributed by atoms with E-state index in [4.69, 9.17) is 30.2 Å². The van der Waals surface area contributed by atoms with Gasteiger partial charge in [-0.1, -0.05) is 25.7 Å². The number of carboxylic acids is 2. The van der Waals surface area contributed by atoms with Gasteiger partial charge in [-0.15, -0.1) is 0 Å². The van der Waals surface area contributed by atoms with Crippen molar-refractivity contribution in [2.24, 2.45) is 17.6 Å². The summed E-state index contributed by atoms with van der Waals surface area (Å²) >= 11 is 0. The molecule has 4 atom stereocenters. The molecule has 0 aromatic carbocycles. The molecule has 0 aliphatic carbocycles. The van der Waals surface area contributed by atoms with E-state index in [-0.39, 0.29) is 41.5 Å². The van der Waals surface area contributed by atoms with Crippen molar-refractivity contribution in [2.45, 2.75) is 144 Å². The average Bonchev–Trinajstić information content (AvgIpc) is 0.775. The molecule has 21 heteroatoms. The molecule has 0 rings (SSSR count). The number of alkyl carbamates (subject to hydrolysis) is 1. The second kappa shape index (κ2) is 84.0. The predicted octanol–water partition coefficient (Wildman–Crippen LogP) is 4.41. The normalized spacial score (nSPS) is 7.67. The van der Waals surface area contributed by atoms with E-state index in [2.05, 4.69) is 490 Å². The number of halogens is 6. The Labute approximate surface area is 791 Å². The van der Waals surface area contributed by atoms with Crippen molar-refractivity contribution < 1.29 is 115 Å². The summed E-state index contributed by atoms with van der Waals surface area (Å²) in [6.07, 6.45) is -13.3. The van der Waals surface area contributed by atoms with Crippen LogP contribution in [0, 0.1) is 497 Å². The van der Waals surface area contributed by atoms with Crippen LogP contribution in [0.5, 0.6) is 0 Å². The molecule has 0 saturated carbocycles. The van der Waals surface area contributed by atoms with Gasteiger partial charge in [-0.05, 0) is 184 Å². The molecular formula is C111H53F6N2NaO12. The fourth-order valence-corrected chi connectivity index (χ4v) is 5.46. The fraction of sp³-hybridized carbons (Fsp3) is 0.216. The van der Waals surface area contributed by atoms with Crippen molar-refractivity contribution in [3.05, 3.63) is 0 Å². The summed E-state index contributed by atoms with van der Waals surface area (Å²) in [4.78, 5) is 54.4. The summed E-state index contributed by atoms with van der Waals surface area (Å²) < 4.78 is 92.5. The number of nitrogens with one attached hydrogen (secondary N) is 1. The van der Waals surface area contributed by atoms with Crippen LogP contribution in [-0.4, -0.2) is 87.3 Å². The van der Waals surface area contributed by atoms with E-state index >= 15 is 0 Å². The first-order valence-electron chi connectivity index (χ1n) is 34.9. The van der Waals surface area contributed by atoms with Gasteiger partial charge >= 0.3 is 72.3 Å². The Morgan fingerprint density at radius 2 is 0.402 bits per heavy atom. The number of alkyl halides is 6. The number of rotatable bonds is 7. The smallest absolute Gasteiger partial charge is 0.870 e. The molecule has 0 spiro atoms. The van der Waals surface area contributed by atoms with Crippen molar-refractivity contribution in [1.82, 2.24) is 5.32 Å². The van der Waals surface area contributed by atoms with Gasteiger partial charge in [0.05, 0.1) is 11.8 Å². The number of carbonyl (C=O) groups is 5. The summed E-state index contributed by atoms with van der Waals surface area (Å²) in [6, 6.07) is -3.94. The van der Waals surface area contributed by atoms with Crippen molar-refractivity contribution in [3.8, 4) is 485 Å². The Kier molecular flexibility index (Phi) is 77.8. The Bertz CT molecular complexity index is 6960. The SMILES string of the molecule is CC#CC#CC#CC#CC#CC#CC#CC#CC#CC#CC#CC#CC#CC#CC#CC#CC#CC#CC#CC#CC#CC#CC#CC#CC#CC#CC#CC#CC#CC#CC#CC#CC#CC#CC#CC#CC#CC#CC#CC#CC#CC.CC(C)(C)OC(=O)OC(=O)OC(C)(C)C.CCC(C(N)C(=O)O)C(F)(F)F.CCC(C(NC(=O)OC(C)(C)C)C(=O)O)C(F)(F)F.[Na+].[OH-]. The molecule has 0 heterocycles.